The highest BCUT2D eigenvalue weighted by Gasteiger charge is 2.35. The number of hydrogen-bond acceptors (Lipinski definition) is 7. The molecule has 1 aromatic carbocycles. The fourth-order valence-electron chi connectivity index (χ4n) is 3.44. The van der Waals surface area contributed by atoms with Crippen molar-refractivity contribution in [3.05, 3.63) is 30.4 Å². The van der Waals surface area contributed by atoms with E-state index in [4.69, 9.17) is 0 Å². The van der Waals surface area contributed by atoms with E-state index in [0.717, 1.165) is 19.2 Å². The number of nitrogens with one attached hydrogen (secondary N) is 2. The summed E-state index contributed by atoms with van der Waals surface area (Å²) in [4.78, 5) is 10.4. The summed E-state index contributed by atoms with van der Waals surface area (Å²) in [6.45, 7) is 2.89. The molecule has 1 fully saturated rings. The van der Waals surface area contributed by atoms with Gasteiger partial charge in [-0.15, -0.1) is 10.2 Å². The monoisotopic (exact) mass is 389 g/mol. The van der Waals surface area contributed by atoms with E-state index in [1.165, 1.54) is 18.7 Å². The summed E-state index contributed by atoms with van der Waals surface area (Å²) < 4.78 is 42.9. The van der Waals surface area contributed by atoms with Gasteiger partial charge in [-0.3, -0.25) is 9.50 Å². The fraction of sp³-hybridized carbons (Fsp3) is 0.312. The van der Waals surface area contributed by atoms with Crippen molar-refractivity contribution in [2.75, 3.05) is 31.1 Å². The van der Waals surface area contributed by atoms with Crippen molar-refractivity contribution in [3.63, 3.8) is 0 Å². The number of halogens is 3. The predicted molar refractivity (Wildman–Crippen MR) is 93.7 cm³/mol. The number of hydrogen-bond donors (Lipinski definition) is 2. The average Bonchev–Trinajstić information content (AvgIpc) is 3.38. The molecule has 0 amide bonds. The van der Waals surface area contributed by atoms with Crippen molar-refractivity contribution in [1.29, 1.82) is 0 Å². The lowest BCUT2D eigenvalue weighted by atomic mass is 10.0. The van der Waals surface area contributed by atoms with E-state index < -0.39 is 11.7 Å². The van der Waals surface area contributed by atoms with Gasteiger partial charge in [0.25, 0.3) is 0 Å². The Hall–Kier alpha value is -3.28. The molecule has 12 heteroatoms. The Morgan fingerprint density at radius 1 is 1.11 bits per heavy atom. The number of alkyl halides is 3. The summed E-state index contributed by atoms with van der Waals surface area (Å²) in [6, 6.07) is 2.43. The third-order valence-electron chi connectivity index (χ3n) is 4.74. The van der Waals surface area contributed by atoms with Gasteiger partial charge in [-0.1, -0.05) is 0 Å². The maximum absolute atomic E-state index is 13.7. The van der Waals surface area contributed by atoms with Gasteiger partial charge in [0, 0.05) is 31.7 Å². The van der Waals surface area contributed by atoms with E-state index in [0.29, 0.717) is 30.1 Å². The summed E-state index contributed by atoms with van der Waals surface area (Å²) in [7, 11) is 0. The molecule has 0 bridgehead atoms. The lowest BCUT2D eigenvalue weighted by Gasteiger charge is -2.28. The molecule has 1 saturated heterocycles. The van der Waals surface area contributed by atoms with Crippen molar-refractivity contribution < 1.29 is 13.2 Å². The lowest BCUT2D eigenvalue weighted by molar-refractivity contribution is -0.137. The molecule has 0 spiro atoms. The molecule has 28 heavy (non-hydrogen) atoms. The largest absolute Gasteiger partial charge is 0.417 e. The molecule has 0 saturated carbocycles. The van der Waals surface area contributed by atoms with Crippen LogP contribution in [0.1, 0.15) is 5.56 Å². The van der Waals surface area contributed by atoms with Crippen molar-refractivity contribution >= 4 is 22.5 Å². The van der Waals surface area contributed by atoms with Gasteiger partial charge in [0.2, 0.25) is 5.65 Å². The predicted octanol–water partition coefficient (Wildman–Crippen LogP) is 1.49. The van der Waals surface area contributed by atoms with Gasteiger partial charge in [-0.2, -0.15) is 18.3 Å². The zero-order valence-corrected chi connectivity index (χ0v) is 14.4. The van der Waals surface area contributed by atoms with Gasteiger partial charge in [0.15, 0.2) is 11.6 Å². The first-order valence-corrected chi connectivity index (χ1v) is 8.58. The number of fused-ring (bicyclic) bond motifs is 3. The molecule has 144 valence electrons. The smallest absolute Gasteiger partial charge is 0.351 e. The summed E-state index contributed by atoms with van der Waals surface area (Å²) in [6.07, 6.45) is -1.93. The van der Waals surface area contributed by atoms with Gasteiger partial charge >= 0.3 is 6.18 Å². The third-order valence-corrected chi connectivity index (χ3v) is 4.74. The van der Waals surface area contributed by atoms with Gasteiger partial charge < -0.3 is 10.2 Å². The number of H-pyrrole nitrogens is 1. The van der Waals surface area contributed by atoms with Crippen LogP contribution in [0.25, 0.3) is 28.1 Å². The molecule has 9 nitrogen and oxygen atoms in total. The minimum atomic E-state index is -4.57. The molecule has 1 aliphatic rings. The topological polar surface area (TPSA) is 99.9 Å². The van der Waals surface area contributed by atoms with Crippen molar-refractivity contribution in [3.8, 4) is 11.4 Å². The summed E-state index contributed by atoms with van der Waals surface area (Å²) in [5, 5.41) is 17.5. The van der Waals surface area contributed by atoms with E-state index in [1.807, 2.05) is 4.90 Å². The molecule has 1 aliphatic heterocycles. The highest BCUT2D eigenvalue weighted by Crippen LogP contribution is 2.38. The van der Waals surface area contributed by atoms with Crippen LogP contribution in [0, 0.1) is 0 Å². The minimum Gasteiger partial charge on any atom is -0.351 e. The minimum absolute atomic E-state index is 0.0293. The zero-order valence-electron chi connectivity index (χ0n) is 14.4. The zero-order chi connectivity index (χ0) is 19.3. The molecule has 0 unspecified atom stereocenters. The Labute approximate surface area is 155 Å². The van der Waals surface area contributed by atoms with Crippen molar-refractivity contribution in [2.45, 2.75) is 6.18 Å². The van der Waals surface area contributed by atoms with Crippen LogP contribution in [0.4, 0.5) is 19.0 Å². The van der Waals surface area contributed by atoms with Gasteiger partial charge in [0.05, 0.1) is 16.6 Å². The normalized spacial score (nSPS) is 15.6. The van der Waals surface area contributed by atoms with Crippen LogP contribution in [0.3, 0.4) is 0 Å². The molecule has 4 heterocycles. The first kappa shape index (κ1) is 16.9. The highest BCUT2D eigenvalue weighted by atomic mass is 19.4. The summed E-state index contributed by atoms with van der Waals surface area (Å²) >= 11 is 0. The van der Waals surface area contributed by atoms with Crippen LogP contribution < -0.4 is 10.2 Å². The molecule has 4 aromatic rings. The number of rotatable bonds is 2. The molecular weight excluding hydrogens is 375 g/mol. The first-order chi connectivity index (χ1) is 13.5. The van der Waals surface area contributed by atoms with Crippen molar-refractivity contribution in [2.24, 2.45) is 0 Å². The molecule has 2 N–H and O–H groups in total. The number of anilines is 1. The van der Waals surface area contributed by atoms with Crippen LogP contribution in [-0.4, -0.2) is 60.9 Å². The number of aromatic nitrogens is 7. The molecule has 0 atom stereocenters. The molecule has 5 rings (SSSR count). The van der Waals surface area contributed by atoms with E-state index in [-0.39, 0.29) is 16.9 Å². The first-order valence-electron chi connectivity index (χ1n) is 8.58. The van der Waals surface area contributed by atoms with Gasteiger partial charge in [0.1, 0.15) is 12.7 Å². The third kappa shape index (κ3) is 2.64. The second kappa shape index (κ2) is 6.12. The number of piperazine rings is 1. The van der Waals surface area contributed by atoms with Crippen molar-refractivity contribution in [1.82, 2.24) is 40.1 Å². The molecule has 3 aromatic heterocycles. The van der Waals surface area contributed by atoms with E-state index in [2.05, 4.69) is 35.7 Å². The second-order valence-corrected chi connectivity index (χ2v) is 6.42. The number of nitrogens with zero attached hydrogens (tertiary/aromatic N) is 7. The molecule has 0 aliphatic carbocycles. The second-order valence-electron chi connectivity index (χ2n) is 6.42. The highest BCUT2D eigenvalue weighted by molar-refractivity contribution is 5.87. The Morgan fingerprint density at radius 3 is 2.64 bits per heavy atom. The van der Waals surface area contributed by atoms with Crippen LogP contribution in [-0.2, 0) is 6.18 Å². The summed E-state index contributed by atoms with van der Waals surface area (Å²) in [5.41, 5.74) is 0.222. The van der Waals surface area contributed by atoms with Gasteiger partial charge in [-0.05, 0) is 12.1 Å². The number of benzene rings is 1. The Balaban J connectivity index is 1.80. The quantitative estimate of drug-likeness (QED) is 0.536. The lowest BCUT2D eigenvalue weighted by Crippen LogP contribution is -2.44. The Bertz CT molecular complexity index is 1140. The average molecular weight is 389 g/mol. The maximum atomic E-state index is 13.7. The number of aromatic amines is 1. The fourth-order valence-corrected chi connectivity index (χ4v) is 3.44. The van der Waals surface area contributed by atoms with E-state index in [1.54, 1.807) is 4.40 Å². The maximum Gasteiger partial charge on any atom is 0.417 e. The summed E-state index contributed by atoms with van der Waals surface area (Å²) in [5.74, 6) is 0.550. The molecular formula is C16H14F3N9. The van der Waals surface area contributed by atoms with Gasteiger partial charge in [-0.25, -0.2) is 9.97 Å². The Kier molecular flexibility index (Phi) is 3.69. The SMILES string of the molecule is FC(F)(F)c1cc2nc(N3CCNCC3)c3nncn3c2cc1-c1ncn[nH]1. The Morgan fingerprint density at radius 2 is 1.93 bits per heavy atom. The standard InChI is InChI=1S/C16H14F3N9/c17-16(18,19)10-6-11-12(5-9(10)13-21-7-22-25-13)28-8-23-26-15(28)14(24-11)27-3-1-20-2-4-27/h5-8,20H,1-4H2,(H,21,22,25). The van der Waals surface area contributed by atoms with E-state index >= 15 is 0 Å². The van der Waals surface area contributed by atoms with E-state index in [9.17, 15) is 13.2 Å². The van der Waals surface area contributed by atoms with Crippen LogP contribution in [0.15, 0.2) is 24.8 Å². The van der Waals surface area contributed by atoms with Crippen LogP contribution in [0.5, 0.6) is 0 Å². The molecule has 0 radical (unpaired) electrons. The van der Waals surface area contributed by atoms with Crippen LogP contribution in [0.2, 0.25) is 0 Å². The van der Waals surface area contributed by atoms with Crippen LogP contribution >= 0.6 is 0 Å².